The van der Waals surface area contributed by atoms with E-state index >= 15 is 0 Å². The molecule has 1 fully saturated rings. The Morgan fingerprint density at radius 2 is 2.21 bits per heavy atom. The van der Waals surface area contributed by atoms with Gasteiger partial charge in [0.25, 0.3) is 0 Å². The van der Waals surface area contributed by atoms with Gasteiger partial charge in [0.05, 0.1) is 0 Å². The van der Waals surface area contributed by atoms with Crippen LogP contribution in [0.25, 0.3) is 0 Å². The molecule has 1 aliphatic rings. The molecule has 0 heterocycles. The fourth-order valence-corrected chi connectivity index (χ4v) is 1.76. The van der Waals surface area contributed by atoms with Gasteiger partial charge in [-0.25, -0.2) is 0 Å². The SMILES string of the molecule is CC1(C)CC1NCc1cccc(N)c1. The number of anilines is 1. The minimum Gasteiger partial charge on any atom is -0.399 e. The van der Waals surface area contributed by atoms with Gasteiger partial charge < -0.3 is 11.1 Å². The summed E-state index contributed by atoms with van der Waals surface area (Å²) in [6.07, 6.45) is 1.29. The highest BCUT2D eigenvalue weighted by atomic mass is 15.0. The van der Waals surface area contributed by atoms with Crippen molar-refractivity contribution in [1.82, 2.24) is 5.32 Å². The van der Waals surface area contributed by atoms with E-state index in [-0.39, 0.29) is 0 Å². The van der Waals surface area contributed by atoms with Crippen molar-refractivity contribution in [2.45, 2.75) is 32.9 Å². The molecule has 0 aromatic heterocycles. The number of hydrogen-bond donors (Lipinski definition) is 2. The minimum absolute atomic E-state index is 0.500. The Morgan fingerprint density at radius 1 is 1.50 bits per heavy atom. The normalized spacial score (nSPS) is 23.4. The van der Waals surface area contributed by atoms with Crippen LogP contribution in [0.3, 0.4) is 0 Å². The summed E-state index contributed by atoms with van der Waals surface area (Å²) in [4.78, 5) is 0. The summed E-state index contributed by atoms with van der Waals surface area (Å²) in [5.74, 6) is 0. The lowest BCUT2D eigenvalue weighted by Gasteiger charge is -2.06. The second-order valence-corrected chi connectivity index (χ2v) is 4.87. The van der Waals surface area contributed by atoms with Gasteiger partial charge in [-0.1, -0.05) is 26.0 Å². The van der Waals surface area contributed by atoms with Crippen molar-refractivity contribution in [2.75, 3.05) is 5.73 Å². The first kappa shape index (κ1) is 9.53. The highest BCUT2D eigenvalue weighted by Crippen LogP contribution is 2.44. The standard InChI is InChI=1S/C12H18N2/c1-12(2)7-11(12)14-8-9-4-3-5-10(13)6-9/h3-6,11,14H,7-8,13H2,1-2H3. The van der Waals surface area contributed by atoms with Gasteiger partial charge in [-0.15, -0.1) is 0 Å². The minimum atomic E-state index is 0.500. The van der Waals surface area contributed by atoms with Crippen LogP contribution in [0.4, 0.5) is 5.69 Å². The summed E-state index contributed by atoms with van der Waals surface area (Å²) in [5, 5.41) is 3.53. The van der Waals surface area contributed by atoms with E-state index in [1.807, 2.05) is 18.2 Å². The summed E-state index contributed by atoms with van der Waals surface area (Å²) in [7, 11) is 0. The molecule has 3 N–H and O–H groups in total. The molecule has 14 heavy (non-hydrogen) atoms. The molecule has 1 aliphatic carbocycles. The van der Waals surface area contributed by atoms with Crippen LogP contribution in [0.15, 0.2) is 24.3 Å². The number of benzene rings is 1. The van der Waals surface area contributed by atoms with Gasteiger partial charge in [0.2, 0.25) is 0 Å². The molecule has 1 aromatic rings. The second-order valence-electron chi connectivity index (χ2n) is 4.87. The van der Waals surface area contributed by atoms with Gasteiger partial charge in [-0.3, -0.25) is 0 Å². The van der Waals surface area contributed by atoms with Crippen LogP contribution in [0.1, 0.15) is 25.8 Å². The smallest absolute Gasteiger partial charge is 0.0317 e. The Labute approximate surface area is 85.5 Å². The van der Waals surface area contributed by atoms with Crippen molar-refractivity contribution in [3.05, 3.63) is 29.8 Å². The van der Waals surface area contributed by atoms with Crippen molar-refractivity contribution >= 4 is 5.69 Å². The van der Waals surface area contributed by atoms with E-state index in [9.17, 15) is 0 Å². The van der Waals surface area contributed by atoms with E-state index in [0.29, 0.717) is 11.5 Å². The molecule has 76 valence electrons. The Balaban J connectivity index is 1.87. The van der Waals surface area contributed by atoms with E-state index in [1.54, 1.807) is 0 Å². The molecule has 1 atom stereocenters. The molecule has 0 spiro atoms. The summed E-state index contributed by atoms with van der Waals surface area (Å²) in [5.41, 5.74) is 8.32. The zero-order valence-corrected chi connectivity index (χ0v) is 8.88. The molecule has 0 radical (unpaired) electrons. The summed E-state index contributed by atoms with van der Waals surface area (Å²) < 4.78 is 0. The Bertz CT molecular complexity index is 331. The van der Waals surface area contributed by atoms with Gasteiger partial charge in [0.1, 0.15) is 0 Å². The van der Waals surface area contributed by atoms with Crippen LogP contribution in [0, 0.1) is 5.41 Å². The Kier molecular flexibility index (Phi) is 2.23. The number of nitrogens with two attached hydrogens (primary N) is 1. The topological polar surface area (TPSA) is 38.0 Å². The first-order chi connectivity index (χ1) is 6.58. The fraction of sp³-hybridized carbons (Fsp3) is 0.500. The lowest BCUT2D eigenvalue weighted by molar-refractivity contribution is 0.542. The van der Waals surface area contributed by atoms with Crippen LogP contribution in [0.2, 0.25) is 0 Å². The Hall–Kier alpha value is -1.02. The highest BCUT2D eigenvalue weighted by Gasteiger charge is 2.44. The summed E-state index contributed by atoms with van der Waals surface area (Å²) in [6, 6.07) is 8.75. The fourth-order valence-electron chi connectivity index (χ4n) is 1.76. The van der Waals surface area contributed by atoms with E-state index in [1.165, 1.54) is 12.0 Å². The van der Waals surface area contributed by atoms with E-state index in [2.05, 4.69) is 25.2 Å². The molecule has 1 unspecified atom stereocenters. The average Bonchev–Trinajstić information content (AvgIpc) is 2.71. The molecular formula is C12H18N2. The van der Waals surface area contributed by atoms with E-state index in [0.717, 1.165) is 12.2 Å². The lowest BCUT2D eigenvalue weighted by atomic mass is 10.1. The number of hydrogen-bond acceptors (Lipinski definition) is 2. The van der Waals surface area contributed by atoms with Gasteiger partial charge in [-0.2, -0.15) is 0 Å². The van der Waals surface area contributed by atoms with Crippen molar-refractivity contribution < 1.29 is 0 Å². The average molecular weight is 190 g/mol. The number of nitrogens with one attached hydrogen (secondary N) is 1. The summed E-state index contributed by atoms with van der Waals surface area (Å²) >= 11 is 0. The Morgan fingerprint density at radius 3 is 2.79 bits per heavy atom. The van der Waals surface area contributed by atoms with Gasteiger partial charge in [0, 0.05) is 18.3 Å². The highest BCUT2D eigenvalue weighted by molar-refractivity contribution is 5.40. The second kappa shape index (κ2) is 3.28. The number of nitrogen functional groups attached to an aromatic ring is 1. The quantitative estimate of drug-likeness (QED) is 0.717. The maximum atomic E-state index is 5.71. The van der Waals surface area contributed by atoms with Gasteiger partial charge in [-0.05, 0) is 29.5 Å². The lowest BCUT2D eigenvalue weighted by Crippen LogP contribution is -2.19. The molecule has 2 nitrogen and oxygen atoms in total. The molecule has 1 aromatic carbocycles. The zero-order valence-electron chi connectivity index (χ0n) is 8.88. The molecular weight excluding hydrogens is 172 g/mol. The summed E-state index contributed by atoms with van der Waals surface area (Å²) in [6.45, 7) is 5.52. The zero-order chi connectivity index (χ0) is 10.2. The number of rotatable bonds is 3. The molecule has 0 bridgehead atoms. The maximum absolute atomic E-state index is 5.71. The maximum Gasteiger partial charge on any atom is 0.0317 e. The largest absolute Gasteiger partial charge is 0.399 e. The first-order valence-corrected chi connectivity index (χ1v) is 5.16. The van der Waals surface area contributed by atoms with Gasteiger partial charge in [0.15, 0.2) is 0 Å². The van der Waals surface area contributed by atoms with Crippen LogP contribution >= 0.6 is 0 Å². The predicted molar refractivity (Wildman–Crippen MR) is 59.9 cm³/mol. The van der Waals surface area contributed by atoms with Crippen LogP contribution < -0.4 is 11.1 Å². The molecule has 0 aliphatic heterocycles. The molecule has 2 heteroatoms. The van der Waals surface area contributed by atoms with E-state index < -0.39 is 0 Å². The monoisotopic (exact) mass is 190 g/mol. The molecule has 1 saturated carbocycles. The molecule has 0 saturated heterocycles. The third-order valence-corrected chi connectivity index (χ3v) is 3.02. The van der Waals surface area contributed by atoms with Crippen LogP contribution in [0.5, 0.6) is 0 Å². The van der Waals surface area contributed by atoms with Crippen molar-refractivity contribution in [1.29, 1.82) is 0 Å². The molecule has 0 amide bonds. The predicted octanol–water partition coefficient (Wildman–Crippen LogP) is 2.16. The van der Waals surface area contributed by atoms with E-state index in [4.69, 9.17) is 5.73 Å². The third kappa shape index (κ3) is 2.07. The molecule has 2 rings (SSSR count). The first-order valence-electron chi connectivity index (χ1n) is 5.16. The van der Waals surface area contributed by atoms with Crippen LogP contribution in [-0.4, -0.2) is 6.04 Å². The van der Waals surface area contributed by atoms with Gasteiger partial charge >= 0.3 is 0 Å². The van der Waals surface area contributed by atoms with Crippen molar-refractivity contribution in [2.24, 2.45) is 5.41 Å². The van der Waals surface area contributed by atoms with Crippen molar-refractivity contribution in [3.63, 3.8) is 0 Å². The van der Waals surface area contributed by atoms with Crippen LogP contribution in [-0.2, 0) is 6.54 Å². The van der Waals surface area contributed by atoms with Crippen molar-refractivity contribution in [3.8, 4) is 0 Å². The third-order valence-electron chi connectivity index (χ3n) is 3.02.